The molecule has 2 N–H and O–H groups in total. The standard InChI is InChI=1S/C13H21NO2/c1-10(14)7-11(2)16-13-6-4-5-12(8-13)9-15-3/h4-6,8,10-11H,7,9,14H2,1-3H3. The van der Waals surface area contributed by atoms with Crippen LogP contribution < -0.4 is 10.5 Å². The van der Waals surface area contributed by atoms with E-state index in [1.54, 1.807) is 7.11 Å². The minimum Gasteiger partial charge on any atom is -0.491 e. The van der Waals surface area contributed by atoms with Crippen molar-refractivity contribution in [2.24, 2.45) is 5.73 Å². The lowest BCUT2D eigenvalue weighted by Crippen LogP contribution is -2.24. The van der Waals surface area contributed by atoms with Crippen molar-refractivity contribution in [3.8, 4) is 5.75 Å². The molecule has 0 saturated carbocycles. The quantitative estimate of drug-likeness (QED) is 0.805. The van der Waals surface area contributed by atoms with Crippen LogP contribution in [0.1, 0.15) is 25.8 Å². The Morgan fingerprint density at radius 1 is 1.31 bits per heavy atom. The molecule has 1 aromatic rings. The van der Waals surface area contributed by atoms with Gasteiger partial charge < -0.3 is 15.2 Å². The molecular weight excluding hydrogens is 202 g/mol. The Labute approximate surface area is 97.6 Å². The number of benzene rings is 1. The van der Waals surface area contributed by atoms with E-state index in [9.17, 15) is 0 Å². The van der Waals surface area contributed by atoms with Crippen LogP contribution in [0, 0.1) is 0 Å². The Morgan fingerprint density at radius 3 is 2.69 bits per heavy atom. The van der Waals surface area contributed by atoms with Gasteiger partial charge in [-0.2, -0.15) is 0 Å². The maximum Gasteiger partial charge on any atom is 0.120 e. The highest BCUT2D eigenvalue weighted by molar-refractivity contribution is 5.28. The highest BCUT2D eigenvalue weighted by atomic mass is 16.5. The molecular formula is C13H21NO2. The number of methoxy groups -OCH3 is 1. The molecule has 2 unspecified atom stereocenters. The van der Waals surface area contributed by atoms with Crippen LogP contribution in [-0.2, 0) is 11.3 Å². The molecule has 2 atom stereocenters. The molecule has 1 rings (SSSR count). The summed E-state index contributed by atoms with van der Waals surface area (Å²) in [5.41, 5.74) is 6.84. The molecule has 1 aromatic carbocycles. The third-order valence-electron chi connectivity index (χ3n) is 2.25. The Balaban J connectivity index is 2.55. The van der Waals surface area contributed by atoms with Gasteiger partial charge in [0, 0.05) is 13.2 Å². The first kappa shape index (κ1) is 13.0. The van der Waals surface area contributed by atoms with Crippen LogP contribution in [0.4, 0.5) is 0 Å². The molecule has 3 heteroatoms. The van der Waals surface area contributed by atoms with Crippen LogP contribution in [-0.4, -0.2) is 19.3 Å². The van der Waals surface area contributed by atoms with Crippen LogP contribution in [0.25, 0.3) is 0 Å². The fourth-order valence-corrected chi connectivity index (χ4v) is 1.68. The summed E-state index contributed by atoms with van der Waals surface area (Å²) in [4.78, 5) is 0. The van der Waals surface area contributed by atoms with Gasteiger partial charge in [0.25, 0.3) is 0 Å². The summed E-state index contributed by atoms with van der Waals surface area (Å²) in [6.45, 7) is 4.63. The Bertz CT molecular complexity index is 313. The number of nitrogens with two attached hydrogens (primary N) is 1. The van der Waals surface area contributed by atoms with E-state index in [1.807, 2.05) is 38.1 Å². The van der Waals surface area contributed by atoms with E-state index in [1.165, 1.54) is 0 Å². The van der Waals surface area contributed by atoms with Crippen molar-refractivity contribution in [1.82, 2.24) is 0 Å². The number of hydrogen-bond acceptors (Lipinski definition) is 3. The van der Waals surface area contributed by atoms with Gasteiger partial charge >= 0.3 is 0 Å². The van der Waals surface area contributed by atoms with Crippen molar-refractivity contribution < 1.29 is 9.47 Å². The van der Waals surface area contributed by atoms with Crippen LogP contribution in [0.5, 0.6) is 5.75 Å². The average molecular weight is 223 g/mol. The maximum absolute atomic E-state index is 5.78. The number of hydrogen-bond donors (Lipinski definition) is 1. The number of ether oxygens (including phenoxy) is 2. The first-order chi connectivity index (χ1) is 7.61. The first-order valence-electron chi connectivity index (χ1n) is 5.62. The van der Waals surface area contributed by atoms with Gasteiger partial charge in [-0.05, 0) is 38.0 Å². The van der Waals surface area contributed by atoms with Crippen LogP contribution >= 0.6 is 0 Å². The minimum atomic E-state index is 0.137. The smallest absolute Gasteiger partial charge is 0.120 e. The predicted molar refractivity (Wildman–Crippen MR) is 65.5 cm³/mol. The molecule has 0 saturated heterocycles. The summed E-state index contributed by atoms with van der Waals surface area (Å²) in [5.74, 6) is 0.878. The Kier molecular flexibility index (Phi) is 5.29. The molecule has 0 bridgehead atoms. The largest absolute Gasteiger partial charge is 0.491 e. The third-order valence-corrected chi connectivity index (χ3v) is 2.25. The highest BCUT2D eigenvalue weighted by Gasteiger charge is 2.07. The fraction of sp³-hybridized carbons (Fsp3) is 0.538. The molecule has 0 heterocycles. The van der Waals surface area contributed by atoms with E-state index in [2.05, 4.69) is 0 Å². The van der Waals surface area contributed by atoms with E-state index in [0.717, 1.165) is 17.7 Å². The molecule has 3 nitrogen and oxygen atoms in total. The van der Waals surface area contributed by atoms with Crippen molar-refractivity contribution in [2.45, 2.75) is 39.0 Å². The van der Waals surface area contributed by atoms with Crippen molar-refractivity contribution in [3.63, 3.8) is 0 Å². The van der Waals surface area contributed by atoms with Gasteiger partial charge in [-0.25, -0.2) is 0 Å². The van der Waals surface area contributed by atoms with Crippen molar-refractivity contribution in [1.29, 1.82) is 0 Å². The lowest BCUT2D eigenvalue weighted by molar-refractivity contribution is 0.182. The summed E-state index contributed by atoms with van der Waals surface area (Å²) in [7, 11) is 1.69. The van der Waals surface area contributed by atoms with Crippen LogP contribution in [0.2, 0.25) is 0 Å². The lowest BCUT2D eigenvalue weighted by atomic mass is 10.1. The summed E-state index contributed by atoms with van der Waals surface area (Å²) in [6, 6.07) is 8.12. The normalized spacial score (nSPS) is 14.5. The van der Waals surface area contributed by atoms with Crippen LogP contribution in [0.3, 0.4) is 0 Å². The molecule has 90 valence electrons. The second kappa shape index (κ2) is 6.51. The Morgan fingerprint density at radius 2 is 2.06 bits per heavy atom. The molecule has 0 fully saturated rings. The van der Waals surface area contributed by atoms with E-state index in [0.29, 0.717) is 6.61 Å². The van der Waals surface area contributed by atoms with E-state index >= 15 is 0 Å². The molecule has 0 radical (unpaired) electrons. The van der Waals surface area contributed by atoms with E-state index < -0.39 is 0 Å². The van der Waals surface area contributed by atoms with Crippen molar-refractivity contribution >= 4 is 0 Å². The minimum absolute atomic E-state index is 0.137. The first-order valence-corrected chi connectivity index (χ1v) is 5.62. The molecule has 0 aliphatic heterocycles. The summed E-state index contributed by atoms with van der Waals surface area (Å²) < 4.78 is 10.9. The molecule has 0 aromatic heterocycles. The van der Waals surface area contributed by atoms with Crippen LogP contribution in [0.15, 0.2) is 24.3 Å². The monoisotopic (exact) mass is 223 g/mol. The van der Waals surface area contributed by atoms with Crippen molar-refractivity contribution in [3.05, 3.63) is 29.8 Å². The lowest BCUT2D eigenvalue weighted by Gasteiger charge is -2.17. The van der Waals surface area contributed by atoms with Gasteiger partial charge in [-0.3, -0.25) is 0 Å². The fourth-order valence-electron chi connectivity index (χ4n) is 1.68. The summed E-state index contributed by atoms with van der Waals surface area (Å²) in [5, 5.41) is 0. The molecule has 0 spiro atoms. The van der Waals surface area contributed by atoms with E-state index in [4.69, 9.17) is 15.2 Å². The van der Waals surface area contributed by atoms with Gasteiger partial charge in [-0.1, -0.05) is 12.1 Å². The zero-order valence-electron chi connectivity index (χ0n) is 10.3. The molecule has 0 aliphatic carbocycles. The predicted octanol–water partition coefficient (Wildman–Crippen LogP) is 2.34. The molecule has 16 heavy (non-hydrogen) atoms. The second-order valence-electron chi connectivity index (χ2n) is 4.22. The average Bonchev–Trinajstić information content (AvgIpc) is 2.17. The molecule has 0 amide bonds. The van der Waals surface area contributed by atoms with Gasteiger partial charge in [0.1, 0.15) is 5.75 Å². The van der Waals surface area contributed by atoms with E-state index in [-0.39, 0.29) is 12.1 Å². The van der Waals surface area contributed by atoms with Gasteiger partial charge in [0.15, 0.2) is 0 Å². The summed E-state index contributed by atoms with van der Waals surface area (Å²) >= 11 is 0. The summed E-state index contributed by atoms with van der Waals surface area (Å²) in [6.07, 6.45) is 0.993. The van der Waals surface area contributed by atoms with Gasteiger partial charge in [0.05, 0.1) is 12.7 Å². The Hall–Kier alpha value is -1.06. The maximum atomic E-state index is 5.78. The number of rotatable bonds is 6. The SMILES string of the molecule is COCc1cccc(OC(C)CC(C)N)c1. The third kappa shape index (κ3) is 4.64. The van der Waals surface area contributed by atoms with Crippen molar-refractivity contribution in [2.75, 3.05) is 7.11 Å². The topological polar surface area (TPSA) is 44.5 Å². The van der Waals surface area contributed by atoms with Gasteiger partial charge in [0.2, 0.25) is 0 Å². The highest BCUT2D eigenvalue weighted by Crippen LogP contribution is 2.16. The van der Waals surface area contributed by atoms with Gasteiger partial charge in [-0.15, -0.1) is 0 Å². The zero-order chi connectivity index (χ0) is 12.0. The zero-order valence-corrected chi connectivity index (χ0v) is 10.3. The second-order valence-corrected chi connectivity index (χ2v) is 4.22. The molecule has 0 aliphatic rings.